The van der Waals surface area contributed by atoms with E-state index < -0.39 is 0 Å². The van der Waals surface area contributed by atoms with Crippen molar-refractivity contribution in [3.63, 3.8) is 0 Å². The number of carbonyl (C=O) groups excluding carboxylic acids is 1. The van der Waals surface area contributed by atoms with Crippen molar-refractivity contribution in [1.82, 2.24) is 10.6 Å². The van der Waals surface area contributed by atoms with Gasteiger partial charge in [-0.1, -0.05) is 12.1 Å². The Bertz CT molecular complexity index is 632. The Hall–Kier alpha value is -1.89. The van der Waals surface area contributed by atoms with Crippen LogP contribution in [0.1, 0.15) is 26.2 Å². The third-order valence-corrected chi connectivity index (χ3v) is 5.68. The van der Waals surface area contributed by atoms with Gasteiger partial charge in [0.2, 0.25) is 0 Å². The number of guanidine groups is 1. The molecule has 0 radical (unpaired) electrons. The minimum Gasteiger partial charge on any atom is -0.482 e. The Balaban J connectivity index is 1.52. The maximum absolute atomic E-state index is 12.2. The summed E-state index contributed by atoms with van der Waals surface area (Å²) in [6, 6.07) is 8.19. The molecule has 3 rings (SSSR count). The van der Waals surface area contributed by atoms with E-state index in [2.05, 4.69) is 22.5 Å². The number of aliphatic imine (C=N–C) groups is 1. The Kier molecular flexibility index (Phi) is 7.05. The van der Waals surface area contributed by atoms with Crippen LogP contribution in [0.5, 0.6) is 5.75 Å². The van der Waals surface area contributed by atoms with Crippen molar-refractivity contribution in [3.8, 4) is 5.75 Å². The first-order valence-corrected chi connectivity index (χ1v) is 10.6. The van der Waals surface area contributed by atoms with Gasteiger partial charge in [-0.25, -0.2) is 0 Å². The molecule has 0 spiro atoms. The van der Waals surface area contributed by atoms with Gasteiger partial charge in [-0.3, -0.25) is 9.79 Å². The number of anilines is 1. The molecule has 26 heavy (non-hydrogen) atoms. The van der Waals surface area contributed by atoms with Crippen molar-refractivity contribution in [1.29, 1.82) is 0 Å². The second-order valence-corrected chi connectivity index (χ2v) is 7.62. The van der Waals surface area contributed by atoms with Crippen LogP contribution in [0.2, 0.25) is 0 Å². The zero-order valence-corrected chi connectivity index (χ0v) is 16.2. The summed E-state index contributed by atoms with van der Waals surface area (Å²) in [7, 11) is 0. The molecule has 1 atom stereocenters. The Morgan fingerprint density at radius 2 is 2.31 bits per heavy atom. The number of amides is 1. The number of benzene rings is 1. The van der Waals surface area contributed by atoms with Crippen LogP contribution in [-0.4, -0.2) is 55.7 Å². The van der Waals surface area contributed by atoms with Crippen LogP contribution < -0.4 is 20.3 Å². The average Bonchev–Trinajstić information content (AvgIpc) is 2.67. The molecule has 2 N–H and O–H groups in total. The lowest BCUT2D eigenvalue weighted by Gasteiger charge is -2.29. The molecule has 0 saturated carbocycles. The van der Waals surface area contributed by atoms with E-state index in [9.17, 15) is 4.79 Å². The average molecular weight is 377 g/mol. The van der Waals surface area contributed by atoms with Gasteiger partial charge in [0.25, 0.3) is 5.91 Å². The van der Waals surface area contributed by atoms with Gasteiger partial charge in [-0.15, -0.1) is 0 Å². The molecule has 6 nitrogen and oxygen atoms in total. The number of ether oxygens (including phenoxy) is 1. The van der Waals surface area contributed by atoms with Gasteiger partial charge in [0.15, 0.2) is 12.6 Å². The Labute approximate surface area is 159 Å². The number of hydrogen-bond acceptors (Lipinski definition) is 4. The molecule has 2 aliphatic rings. The van der Waals surface area contributed by atoms with Crippen LogP contribution in [0.25, 0.3) is 0 Å². The normalized spacial score (nSPS) is 20.3. The van der Waals surface area contributed by atoms with E-state index in [1.54, 1.807) is 0 Å². The van der Waals surface area contributed by atoms with E-state index in [0.29, 0.717) is 19.1 Å². The summed E-state index contributed by atoms with van der Waals surface area (Å²) in [6.07, 6.45) is 3.28. The first-order valence-electron chi connectivity index (χ1n) is 9.42. The van der Waals surface area contributed by atoms with Crippen molar-refractivity contribution in [2.75, 3.05) is 42.6 Å². The van der Waals surface area contributed by atoms with Crippen LogP contribution in [0, 0.1) is 0 Å². The second kappa shape index (κ2) is 9.71. The Morgan fingerprint density at radius 1 is 1.42 bits per heavy atom. The van der Waals surface area contributed by atoms with Crippen LogP contribution in [0.15, 0.2) is 29.3 Å². The number of nitrogens with zero attached hydrogens (tertiary/aromatic N) is 2. The van der Waals surface area contributed by atoms with E-state index in [1.807, 2.05) is 40.9 Å². The fourth-order valence-electron chi connectivity index (χ4n) is 3.19. The van der Waals surface area contributed by atoms with Crippen molar-refractivity contribution < 1.29 is 9.53 Å². The topological polar surface area (TPSA) is 66.0 Å². The fourth-order valence-corrected chi connectivity index (χ4v) is 4.26. The molecule has 2 heterocycles. The summed E-state index contributed by atoms with van der Waals surface area (Å²) in [6.45, 7) is 4.38. The molecule has 0 aliphatic carbocycles. The molecule has 0 bridgehead atoms. The molecule has 7 heteroatoms. The fraction of sp³-hybridized carbons (Fsp3) is 0.579. The van der Waals surface area contributed by atoms with E-state index in [-0.39, 0.29) is 12.5 Å². The molecular formula is C19H28N4O2S. The van der Waals surface area contributed by atoms with E-state index in [4.69, 9.17) is 4.74 Å². The molecule has 1 unspecified atom stereocenters. The number of rotatable bonds is 6. The van der Waals surface area contributed by atoms with Crippen molar-refractivity contribution in [3.05, 3.63) is 24.3 Å². The monoisotopic (exact) mass is 376 g/mol. The van der Waals surface area contributed by atoms with E-state index in [1.165, 1.54) is 18.6 Å². The first-order chi connectivity index (χ1) is 12.8. The SMILES string of the molecule is CCNC(=NCCCN1C(=O)COc2ccccc21)NC1CCCSC1. The first kappa shape index (κ1) is 18.9. The number of nitrogens with one attached hydrogen (secondary N) is 2. The van der Waals surface area contributed by atoms with Gasteiger partial charge >= 0.3 is 0 Å². The molecule has 1 aromatic carbocycles. The van der Waals surface area contributed by atoms with Gasteiger partial charge < -0.3 is 20.3 Å². The van der Waals surface area contributed by atoms with Crippen LogP contribution in [0.4, 0.5) is 5.69 Å². The van der Waals surface area contributed by atoms with Gasteiger partial charge in [0, 0.05) is 31.4 Å². The van der Waals surface area contributed by atoms with E-state index >= 15 is 0 Å². The largest absolute Gasteiger partial charge is 0.482 e. The van der Waals surface area contributed by atoms with Crippen LogP contribution in [-0.2, 0) is 4.79 Å². The molecule has 1 fully saturated rings. The highest BCUT2D eigenvalue weighted by Crippen LogP contribution is 2.31. The molecular weight excluding hydrogens is 348 g/mol. The predicted octanol–water partition coefficient (Wildman–Crippen LogP) is 2.25. The smallest absolute Gasteiger partial charge is 0.265 e. The number of thioether (sulfide) groups is 1. The summed E-state index contributed by atoms with van der Waals surface area (Å²) in [5.41, 5.74) is 0.858. The van der Waals surface area contributed by atoms with Gasteiger partial charge in [-0.2, -0.15) is 11.8 Å². The predicted molar refractivity (Wildman–Crippen MR) is 108 cm³/mol. The molecule has 2 aliphatic heterocycles. The summed E-state index contributed by atoms with van der Waals surface area (Å²) >= 11 is 2.00. The second-order valence-electron chi connectivity index (χ2n) is 6.47. The zero-order chi connectivity index (χ0) is 18.2. The maximum atomic E-state index is 12.2. The van der Waals surface area contributed by atoms with Crippen molar-refractivity contribution >= 4 is 29.3 Å². The quantitative estimate of drug-likeness (QED) is 0.453. The summed E-state index contributed by atoms with van der Waals surface area (Å²) in [5.74, 6) is 4.08. The lowest BCUT2D eigenvalue weighted by Crippen LogP contribution is -2.45. The highest BCUT2D eigenvalue weighted by Gasteiger charge is 2.24. The standard InChI is InChI=1S/C19H28N4O2S/c1-2-20-19(22-15-7-5-12-26-14-15)21-10-6-11-23-16-8-3-4-9-17(16)25-13-18(23)24/h3-4,8-9,15H,2,5-7,10-14H2,1H3,(H2,20,21,22). The molecule has 142 valence electrons. The minimum atomic E-state index is 0.0111. The van der Waals surface area contributed by atoms with Crippen molar-refractivity contribution in [2.45, 2.75) is 32.2 Å². The number of fused-ring (bicyclic) bond motifs is 1. The van der Waals surface area contributed by atoms with Crippen LogP contribution in [0.3, 0.4) is 0 Å². The maximum Gasteiger partial charge on any atom is 0.265 e. The number of para-hydroxylation sites is 2. The molecule has 1 saturated heterocycles. The summed E-state index contributed by atoms with van der Waals surface area (Å²) in [5, 5.41) is 6.86. The Morgan fingerprint density at radius 3 is 3.12 bits per heavy atom. The third-order valence-electron chi connectivity index (χ3n) is 4.46. The lowest BCUT2D eigenvalue weighted by atomic mass is 10.2. The lowest BCUT2D eigenvalue weighted by molar-refractivity contribution is -0.121. The summed E-state index contributed by atoms with van der Waals surface area (Å²) in [4.78, 5) is 18.7. The number of hydrogen-bond donors (Lipinski definition) is 2. The minimum absolute atomic E-state index is 0.0111. The van der Waals surface area contributed by atoms with Gasteiger partial charge in [0.1, 0.15) is 5.75 Å². The number of carbonyl (C=O) groups is 1. The highest BCUT2D eigenvalue weighted by molar-refractivity contribution is 7.99. The van der Waals surface area contributed by atoms with Gasteiger partial charge in [-0.05, 0) is 44.1 Å². The summed E-state index contributed by atoms with van der Waals surface area (Å²) < 4.78 is 5.49. The third kappa shape index (κ3) is 5.06. The zero-order valence-electron chi connectivity index (χ0n) is 15.4. The van der Waals surface area contributed by atoms with Crippen LogP contribution >= 0.6 is 11.8 Å². The van der Waals surface area contributed by atoms with E-state index in [0.717, 1.165) is 36.1 Å². The molecule has 1 amide bonds. The van der Waals surface area contributed by atoms with Gasteiger partial charge in [0.05, 0.1) is 5.69 Å². The molecule has 1 aromatic rings. The molecule has 0 aromatic heterocycles. The highest BCUT2D eigenvalue weighted by atomic mass is 32.2. The van der Waals surface area contributed by atoms with Crippen molar-refractivity contribution in [2.24, 2.45) is 4.99 Å².